The van der Waals surface area contributed by atoms with Crippen LogP contribution in [0.4, 0.5) is 17.1 Å². The summed E-state index contributed by atoms with van der Waals surface area (Å²) in [6.45, 7) is 0. The van der Waals surface area contributed by atoms with E-state index in [1.807, 2.05) is 18.0 Å². The molecular weight excluding hydrogens is 359 g/mol. The summed E-state index contributed by atoms with van der Waals surface area (Å²) in [5.41, 5.74) is 2.65. The van der Waals surface area contributed by atoms with Crippen LogP contribution in [-0.2, 0) is 0 Å². The lowest BCUT2D eigenvalue weighted by atomic mass is 10.2. The number of nitrogens with one attached hydrogen (secondary N) is 1. The molecule has 0 radical (unpaired) electrons. The minimum Gasteiger partial charge on any atom is -0.342 e. The smallest absolute Gasteiger partial charge is 0.255 e. The lowest BCUT2D eigenvalue weighted by molar-refractivity contribution is 0.102. The van der Waals surface area contributed by atoms with Crippen LogP contribution in [0.25, 0.3) is 0 Å². The number of halogens is 2. The molecule has 0 aliphatic carbocycles. The second-order valence-corrected chi connectivity index (χ2v) is 6.19. The van der Waals surface area contributed by atoms with E-state index in [4.69, 9.17) is 23.2 Å². The van der Waals surface area contributed by atoms with Crippen LogP contribution in [-0.4, -0.2) is 22.9 Å². The third kappa shape index (κ3) is 4.26. The average molecular weight is 373 g/mol. The predicted molar refractivity (Wildman–Crippen MR) is 101 cm³/mol. The molecule has 0 unspecified atom stereocenters. The molecule has 0 saturated carbocycles. The van der Waals surface area contributed by atoms with E-state index in [-0.39, 0.29) is 5.91 Å². The van der Waals surface area contributed by atoms with Crippen molar-refractivity contribution in [1.29, 1.82) is 0 Å². The number of hydrogen-bond donors (Lipinski definition) is 1. The first-order valence-corrected chi connectivity index (χ1v) is 8.15. The normalized spacial score (nSPS) is 10.4. The number of carbonyl (C=O) groups excluding carboxylic acids is 1. The van der Waals surface area contributed by atoms with Crippen molar-refractivity contribution in [3.8, 4) is 0 Å². The quantitative estimate of drug-likeness (QED) is 0.714. The highest BCUT2D eigenvalue weighted by molar-refractivity contribution is 6.31. The molecule has 0 atom stereocenters. The maximum Gasteiger partial charge on any atom is 0.255 e. The Kier molecular flexibility index (Phi) is 5.16. The van der Waals surface area contributed by atoms with Crippen molar-refractivity contribution in [2.45, 2.75) is 0 Å². The monoisotopic (exact) mass is 372 g/mol. The molecule has 2 aromatic carbocycles. The first kappa shape index (κ1) is 17.2. The van der Waals surface area contributed by atoms with E-state index in [0.29, 0.717) is 21.3 Å². The summed E-state index contributed by atoms with van der Waals surface area (Å²) in [7, 11) is 1.87. The molecule has 0 fully saturated rings. The zero-order valence-electron chi connectivity index (χ0n) is 13.3. The molecule has 0 spiro atoms. The Morgan fingerprint density at radius 2 is 1.76 bits per heavy atom. The summed E-state index contributed by atoms with van der Waals surface area (Å²) in [4.78, 5) is 22.3. The van der Waals surface area contributed by atoms with Gasteiger partial charge in [-0.1, -0.05) is 29.3 Å². The molecule has 0 aliphatic heterocycles. The third-order valence-electron chi connectivity index (χ3n) is 3.55. The Morgan fingerprint density at radius 3 is 2.48 bits per heavy atom. The van der Waals surface area contributed by atoms with Crippen LogP contribution in [0, 0.1) is 0 Å². The van der Waals surface area contributed by atoms with Gasteiger partial charge in [-0.2, -0.15) is 0 Å². The highest BCUT2D eigenvalue weighted by Crippen LogP contribution is 2.29. The van der Waals surface area contributed by atoms with Gasteiger partial charge in [-0.3, -0.25) is 4.79 Å². The van der Waals surface area contributed by atoms with Crippen molar-refractivity contribution < 1.29 is 4.79 Å². The van der Waals surface area contributed by atoms with Gasteiger partial charge in [0.1, 0.15) is 6.33 Å². The molecule has 3 rings (SSSR count). The van der Waals surface area contributed by atoms with Gasteiger partial charge in [-0.25, -0.2) is 9.97 Å². The van der Waals surface area contributed by atoms with Crippen molar-refractivity contribution in [3.63, 3.8) is 0 Å². The van der Waals surface area contributed by atoms with E-state index in [1.165, 1.54) is 6.33 Å². The Labute approximate surface area is 155 Å². The third-order valence-corrected chi connectivity index (χ3v) is 4.00. The zero-order valence-corrected chi connectivity index (χ0v) is 14.8. The molecule has 1 heterocycles. The zero-order chi connectivity index (χ0) is 17.8. The van der Waals surface area contributed by atoms with Crippen molar-refractivity contribution in [1.82, 2.24) is 9.97 Å². The molecular formula is C18H14Cl2N4O. The second kappa shape index (κ2) is 7.51. The molecule has 0 saturated heterocycles. The molecule has 1 amide bonds. The molecule has 1 aromatic heterocycles. The maximum absolute atomic E-state index is 12.4. The fraction of sp³-hybridized carbons (Fsp3) is 0.0556. The van der Waals surface area contributed by atoms with Gasteiger partial charge in [0, 0.05) is 34.0 Å². The van der Waals surface area contributed by atoms with Crippen LogP contribution in [0.3, 0.4) is 0 Å². The SMILES string of the molecule is CN(c1cncnc1)c1cc(Cl)cc(NC(=O)c2cccc(Cl)c2)c1. The summed E-state index contributed by atoms with van der Waals surface area (Å²) < 4.78 is 0. The topological polar surface area (TPSA) is 58.1 Å². The van der Waals surface area contributed by atoms with Gasteiger partial charge in [-0.05, 0) is 36.4 Å². The summed E-state index contributed by atoms with van der Waals surface area (Å²) in [5.74, 6) is -0.263. The van der Waals surface area contributed by atoms with Gasteiger partial charge < -0.3 is 10.2 Å². The van der Waals surface area contributed by atoms with Gasteiger partial charge >= 0.3 is 0 Å². The lowest BCUT2D eigenvalue weighted by Gasteiger charge is -2.20. The van der Waals surface area contributed by atoms with E-state index >= 15 is 0 Å². The minimum absolute atomic E-state index is 0.263. The predicted octanol–water partition coefficient (Wildman–Crippen LogP) is 4.80. The summed E-state index contributed by atoms with van der Waals surface area (Å²) in [5, 5.41) is 3.84. The number of carbonyl (C=O) groups is 1. The molecule has 5 nitrogen and oxygen atoms in total. The van der Waals surface area contributed by atoms with Crippen LogP contribution in [0.15, 0.2) is 61.2 Å². The average Bonchev–Trinajstić information content (AvgIpc) is 2.61. The van der Waals surface area contributed by atoms with Gasteiger partial charge in [0.25, 0.3) is 5.91 Å². The number of hydrogen-bond acceptors (Lipinski definition) is 4. The van der Waals surface area contributed by atoms with Gasteiger partial charge in [0.15, 0.2) is 0 Å². The van der Waals surface area contributed by atoms with Gasteiger partial charge in [-0.15, -0.1) is 0 Å². The van der Waals surface area contributed by atoms with Crippen LogP contribution in [0.1, 0.15) is 10.4 Å². The largest absolute Gasteiger partial charge is 0.342 e. The fourth-order valence-corrected chi connectivity index (χ4v) is 2.71. The van der Waals surface area contributed by atoms with E-state index in [1.54, 1.807) is 48.8 Å². The Morgan fingerprint density at radius 1 is 1.00 bits per heavy atom. The van der Waals surface area contributed by atoms with Crippen LogP contribution in [0.2, 0.25) is 10.0 Å². The fourth-order valence-electron chi connectivity index (χ4n) is 2.29. The molecule has 25 heavy (non-hydrogen) atoms. The van der Waals surface area contributed by atoms with Gasteiger partial charge in [0.2, 0.25) is 0 Å². The number of anilines is 3. The number of nitrogens with zero attached hydrogens (tertiary/aromatic N) is 3. The van der Waals surface area contributed by atoms with Crippen LogP contribution >= 0.6 is 23.2 Å². The lowest BCUT2D eigenvalue weighted by Crippen LogP contribution is -2.14. The van der Waals surface area contributed by atoms with E-state index in [9.17, 15) is 4.79 Å². The Bertz CT molecular complexity index is 903. The van der Waals surface area contributed by atoms with Crippen molar-refractivity contribution in [2.75, 3.05) is 17.3 Å². The highest BCUT2D eigenvalue weighted by Gasteiger charge is 2.11. The highest BCUT2D eigenvalue weighted by atomic mass is 35.5. The Balaban J connectivity index is 1.85. The molecule has 0 bridgehead atoms. The first-order valence-electron chi connectivity index (χ1n) is 7.39. The van der Waals surface area contributed by atoms with Crippen LogP contribution < -0.4 is 10.2 Å². The van der Waals surface area contributed by atoms with E-state index < -0.39 is 0 Å². The molecule has 0 aliphatic rings. The van der Waals surface area contributed by atoms with Crippen molar-refractivity contribution in [2.24, 2.45) is 0 Å². The van der Waals surface area contributed by atoms with Crippen molar-refractivity contribution in [3.05, 3.63) is 76.8 Å². The molecule has 1 N–H and O–H groups in total. The Hall–Kier alpha value is -2.63. The maximum atomic E-state index is 12.4. The molecule has 7 heteroatoms. The standard InChI is InChI=1S/C18H14Cl2N4O/c1-24(17-9-21-11-22-10-17)16-7-14(20)6-15(8-16)23-18(25)12-3-2-4-13(19)5-12/h2-11H,1H3,(H,23,25). The first-order chi connectivity index (χ1) is 12.0. The number of amides is 1. The summed E-state index contributed by atoms with van der Waals surface area (Å²) in [6.07, 6.45) is 4.85. The number of rotatable bonds is 4. The van der Waals surface area contributed by atoms with E-state index in [2.05, 4.69) is 15.3 Å². The van der Waals surface area contributed by atoms with Crippen LogP contribution in [0.5, 0.6) is 0 Å². The van der Waals surface area contributed by atoms with Gasteiger partial charge in [0.05, 0.1) is 18.1 Å². The van der Waals surface area contributed by atoms with E-state index in [0.717, 1.165) is 11.4 Å². The number of aromatic nitrogens is 2. The summed E-state index contributed by atoms with van der Waals surface area (Å²) >= 11 is 12.1. The summed E-state index contributed by atoms with van der Waals surface area (Å²) in [6, 6.07) is 12.0. The minimum atomic E-state index is -0.263. The number of benzene rings is 2. The second-order valence-electron chi connectivity index (χ2n) is 5.32. The van der Waals surface area contributed by atoms with Crippen molar-refractivity contribution >= 4 is 46.2 Å². The molecule has 126 valence electrons. The molecule has 3 aromatic rings.